The number of carbonyl (C=O) groups is 1. The van der Waals surface area contributed by atoms with Gasteiger partial charge in [0.15, 0.2) is 0 Å². The van der Waals surface area contributed by atoms with Crippen LogP contribution >= 0.6 is 0 Å². The monoisotopic (exact) mass is 272 g/mol. The van der Waals surface area contributed by atoms with Gasteiger partial charge >= 0.3 is 6.09 Å². The number of alkyl carbamates (subject to hydrolysis) is 1. The van der Waals surface area contributed by atoms with Gasteiger partial charge in [-0.05, 0) is 47.0 Å². The van der Waals surface area contributed by atoms with E-state index in [1.54, 1.807) is 0 Å². The number of hydrogen-bond acceptors (Lipinski definition) is 4. The van der Waals surface area contributed by atoms with Crippen LogP contribution in [-0.4, -0.2) is 43.5 Å². The Hall–Kier alpha value is -0.810. The molecule has 0 spiro atoms. The summed E-state index contributed by atoms with van der Waals surface area (Å²) in [6, 6.07) is 0.716. The second kappa shape index (κ2) is 7.70. The maximum Gasteiger partial charge on any atom is 0.407 e. The molecule has 1 fully saturated rings. The quantitative estimate of drug-likeness (QED) is 0.822. The molecule has 0 aliphatic carbocycles. The maximum absolute atomic E-state index is 11.5. The summed E-state index contributed by atoms with van der Waals surface area (Å²) in [4.78, 5) is 11.5. The molecule has 2 atom stereocenters. The molecular formula is C14H28N2O3. The van der Waals surface area contributed by atoms with Crippen LogP contribution in [0.4, 0.5) is 4.79 Å². The summed E-state index contributed by atoms with van der Waals surface area (Å²) < 4.78 is 10.6. The van der Waals surface area contributed by atoms with Crippen LogP contribution in [-0.2, 0) is 9.47 Å². The van der Waals surface area contributed by atoms with Crippen molar-refractivity contribution in [2.45, 2.75) is 64.6 Å². The number of ether oxygens (including phenoxy) is 2. The second-order valence-electron chi connectivity index (χ2n) is 6.19. The minimum absolute atomic E-state index is 0.232. The van der Waals surface area contributed by atoms with E-state index in [0.29, 0.717) is 12.6 Å². The van der Waals surface area contributed by atoms with Crippen molar-refractivity contribution in [1.29, 1.82) is 0 Å². The van der Waals surface area contributed by atoms with Crippen molar-refractivity contribution in [3.8, 4) is 0 Å². The van der Waals surface area contributed by atoms with Crippen LogP contribution in [0.2, 0.25) is 0 Å². The summed E-state index contributed by atoms with van der Waals surface area (Å²) in [7, 11) is 0. The highest BCUT2D eigenvalue weighted by molar-refractivity contribution is 5.67. The van der Waals surface area contributed by atoms with E-state index in [9.17, 15) is 4.79 Å². The highest BCUT2D eigenvalue weighted by atomic mass is 16.6. The number of hydrogen-bond donors (Lipinski definition) is 2. The molecule has 0 aromatic heterocycles. The zero-order valence-electron chi connectivity index (χ0n) is 12.6. The van der Waals surface area contributed by atoms with Gasteiger partial charge in [0, 0.05) is 31.8 Å². The minimum atomic E-state index is -0.445. The Balaban J connectivity index is 2.19. The molecule has 1 aliphatic heterocycles. The third-order valence-corrected chi connectivity index (χ3v) is 2.92. The molecule has 5 heteroatoms. The Morgan fingerprint density at radius 1 is 1.37 bits per heavy atom. The van der Waals surface area contributed by atoms with Crippen molar-refractivity contribution in [1.82, 2.24) is 10.6 Å². The van der Waals surface area contributed by atoms with Crippen molar-refractivity contribution in [2.75, 3.05) is 19.8 Å². The van der Waals surface area contributed by atoms with Crippen molar-refractivity contribution in [3.05, 3.63) is 0 Å². The van der Waals surface area contributed by atoms with E-state index in [1.165, 1.54) is 0 Å². The number of carbonyl (C=O) groups excluding carboxylic acids is 1. The highest BCUT2D eigenvalue weighted by Gasteiger charge is 2.18. The molecule has 2 N–H and O–H groups in total. The normalized spacial score (nSPS) is 22.4. The Kier molecular flexibility index (Phi) is 6.58. The molecule has 2 unspecified atom stereocenters. The lowest BCUT2D eigenvalue weighted by molar-refractivity contribution is 0.0522. The second-order valence-corrected chi connectivity index (χ2v) is 6.19. The first-order chi connectivity index (χ1) is 8.87. The molecule has 1 saturated heterocycles. The summed E-state index contributed by atoms with van der Waals surface area (Å²) in [6.45, 7) is 9.92. The predicted molar refractivity (Wildman–Crippen MR) is 75.3 cm³/mol. The van der Waals surface area contributed by atoms with Gasteiger partial charge in [-0.1, -0.05) is 0 Å². The van der Waals surface area contributed by atoms with E-state index in [-0.39, 0.29) is 12.1 Å². The Morgan fingerprint density at radius 3 is 2.79 bits per heavy atom. The summed E-state index contributed by atoms with van der Waals surface area (Å²) in [6.07, 6.45) is 2.92. The van der Waals surface area contributed by atoms with Gasteiger partial charge in [0.05, 0.1) is 0 Å². The first-order valence-corrected chi connectivity index (χ1v) is 7.17. The molecule has 1 rings (SSSR count). The van der Waals surface area contributed by atoms with Crippen molar-refractivity contribution >= 4 is 6.09 Å². The molecule has 19 heavy (non-hydrogen) atoms. The zero-order valence-corrected chi connectivity index (χ0v) is 12.6. The average molecular weight is 272 g/mol. The molecule has 112 valence electrons. The first-order valence-electron chi connectivity index (χ1n) is 7.17. The van der Waals surface area contributed by atoms with Gasteiger partial charge in [-0.25, -0.2) is 4.79 Å². The van der Waals surface area contributed by atoms with E-state index in [0.717, 1.165) is 32.5 Å². The molecule has 0 radical (unpaired) electrons. The van der Waals surface area contributed by atoms with Crippen LogP contribution in [0.25, 0.3) is 0 Å². The third-order valence-electron chi connectivity index (χ3n) is 2.92. The Bertz CT molecular complexity index is 268. The Labute approximate surface area is 116 Å². The predicted octanol–water partition coefficient (Wildman–Crippen LogP) is 2.06. The highest BCUT2D eigenvalue weighted by Crippen LogP contribution is 2.09. The summed E-state index contributed by atoms with van der Waals surface area (Å²) >= 11 is 0. The smallest absolute Gasteiger partial charge is 0.407 e. The average Bonchev–Trinajstić information content (AvgIpc) is 2.53. The minimum Gasteiger partial charge on any atom is -0.444 e. The standard InChI is InChI=1S/C14H28N2O3/c1-11(10-15-13(17)19-14(2,3)4)16-12-6-5-8-18-9-7-12/h11-12,16H,5-10H2,1-4H3,(H,15,17). The van der Waals surface area contributed by atoms with E-state index < -0.39 is 5.60 Å². The van der Waals surface area contributed by atoms with Crippen LogP contribution < -0.4 is 10.6 Å². The summed E-state index contributed by atoms with van der Waals surface area (Å²) in [5, 5.41) is 6.32. The van der Waals surface area contributed by atoms with Gasteiger partial charge in [0.25, 0.3) is 0 Å². The molecule has 0 aromatic carbocycles. The zero-order chi connectivity index (χ0) is 14.3. The number of nitrogens with one attached hydrogen (secondary N) is 2. The topological polar surface area (TPSA) is 59.6 Å². The fourth-order valence-corrected chi connectivity index (χ4v) is 2.08. The van der Waals surface area contributed by atoms with Crippen LogP contribution in [0.1, 0.15) is 47.0 Å². The van der Waals surface area contributed by atoms with Gasteiger partial charge in [-0.15, -0.1) is 0 Å². The van der Waals surface area contributed by atoms with E-state index in [4.69, 9.17) is 9.47 Å². The largest absolute Gasteiger partial charge is 0.444 e. The van der Waals surface area contributed by atoms with E-state index >= 15 is 0 Å². The summed E-state index contributed by atoms with van der Waals surface area (Å²) in [5.41, 5.74) is -0.445. The summed E-state index contributed by atoms with van der Waals surface area (Å²) in [5.74, 6) is 0. The molecule has 5 nitrogen and oxygen atoms in total. The number of rotatable bonds is 4. The van der Waals surface area contributed by atoms with Crippen molar-refractivity contribution in [2.24, 2.45) is 0 Å². The fraction of sp³-hybridized carbons (Fsp3) is 0.929. The van der Waals surface area contributed by atoms with Crippen molar-refractivity contribution in [3.63, 3.8) is 0 Å². The van der Waals surface area contributed by atoms with Gasteiger partial charge in [0.2, 0.25) is 0 Å². The first kappa shape index (κ1) is 16.2. The van der Waals surface area contributed by atoms with E-state index in [1.807, 2.05) is 20.8 Å². The third kappa shape index (κ3) is 8.06. The molecule has 1 amide bonds. The number of amides is 1. The van der Waals surface area contributed by atoms with Crippen LogP contribution in [0.3, 0.4) is 0 Å². The Morgan fingerprint density at radius 2 is 2.11 bits per heavy atom. The molecule has 0 bridgehead atoms. The van der Waals surface area contributed by atoms with Crippen LogP contribution in [0, 0.1) is 0 Å². The molecule has 1 heterocycles. The van der Waals surface area contributed by atoms with Gasteiger partial charge < -0.3 is 20.1 Å². The lowest BCUT2D eigenvalue weighted by Crippen LogP contribution is -2.45. The SMILES string of the molecule is CC(CNC(=O)OC(C)(C)C)NC1CCCOCC1. The van der Waals surface area contributed by atoms with E-state index in [2.05, 4.69) is 17.6 Å². The molecule has 0 saturated carbocycles. The molecule has 1 aliphatic rings. The maximum atomic E-state index is 11.5. The van der Waals surface area contributed by atoms with Gasteiger partial charge in [-0.2, -0.15) is 0 Å². The lowest BCUT2D eigenvalue weighted by Gasteiger charge is -2.23. The van der Waals surface area contributed by atoms with Crippen molar-refractivity contribution < 1.29 is 14.3 Å². The lowest BCUT2D eigenvalue weighted by atomic mass is 10.1. The van der Waals surface area contributed by atoms with Crippen LogP contribution in [0.5, 0.6) is 0 Å². The fourth-order valence-electron chi connectivity index (χ4n) is 2.08. The van der Waals surface area contributed by atoms with Gasteiger partial charge in [-0.3, -0.25) is 0 Å². The molecular weight excluding hydrogens is 244 g/mol. The van der Waals surface area contributed by atoms with Gasteiger partial charge in [0.1, 0.15) is 5.60 Å². The van der Waals surface area contributed by atoms with Crippen LogP contribution in [0.15, 0.2) is 0 Å². The molecule has 0 aromatic rings.